The Bertz CT molecular complexity index is 1160. The molecule has 1 aliphatic heterocycles. The molecule has 3 heterocycles. The van der Waals surface area contributed by atoms with Gasteiger partial charge in [0.05, 0.1) is 7.11 Å². The van der Waals surface area contributed by atoms with E-state index in [9.17, 15) is 0 Å². The summed E-state index contributed by atoms with van der Waals surface area (Å²) in [6, 6.07) is 20.0. The maximum atomic E-state index is 5.41. The summed E-state index contributed by atoms with van der Waals surface area (Å²) in [6.45, 7) is 5.62. The topological polar surface area (TPSA) is 80.4 Å². The summed E-state index contributed by atoms with van der Waals surface area (Å²) >= 11 is 0. The Balaban J connectivity index is 1.23. The number of nitrogens with zero attached hydrogens (tertiary/aromatic N) is 6. The number of ether oxygens (including phenoxy) is 1. The van der Waals surface area contributed by atoms with Crippen molar-refractivity contribution in [2.75, 3.05) is 43.1 Å². The molecule has 1 aliphatic rings. The molecular formula is C24H24N6O2. The van der Waals surface area contributed by atoms with Crippen LogP contribution in [0.15, 0.2) is 65.2 Å². The highest BCUT2D eigenvalue weighted by Gasteiger charge is 2.20. The van der Waals surface area contributed by atoms with Crippen LogP contribution in [0.2, 0.25) is 0 Å². The van der Waals surface area contributed by atoms with Gasteiger partial charge in [0, 0.05) is 37.4 Å². The van der Waals surface area contributed by atoms with Crippen molar-refractivity contribution in [2.45, 2.75) is 6.92 Å². The Labute approximate surface area is 186 Å². The van der Waals surface area contributed by atoms with Crippen molar-refractivity contribution in [3.8, 4) is 28.7 Å². The summed E-state index contributed by atoms with van der Waals surface area (Å²) in [5.41, 5.74) is 3.86. The lowest BCUT2D eigenvalue weighted by atomic mass is 10.1. The third kappa shape index (κ3) is 4.12. The summed E-state index contributed by atoms with van der Waals surface area (Å²) in [4.78, 5) is 9.07. The van der Waals surface area contributed by atoms with Gasteiger partial charge in [-0.2, -0.15) is 4.98 Å². The summed E-state index contributed by atoms with van der Waals surface area (Å²) in [6.07, 6.45) is 0. The lowest BCUT2D eigenvalue weighted by Gasteiger charge is -2.36. The summed E-state index contributed by atoms with van der Waals surface area (Å²) in [7, 11) is 1.68. The standard InChI is InChI=1S/C24H24N6O2/c1-17-3-5-18(6-4-17)23-25-24(32-28-23)21-11-12-22(27-26-21)30-15-13-29(14-16-30)19-7-9-20(31-2)10-8-19/h3-12H,13-16H2,1-2H3. The first kappa shape index (κ1) is 20.0. The molecule has 8 nitrogen and oxygen atoms in total. The van der Waals surface area contributed by atoms with E-state index in [0.717, 1.165) is 43.3 Å². The molecule has 5 rings (SSSR count). The molecule has 4 aromatic rings. The van der Waals surface area contributed by atoms with Gasteiger partial charge >= 0.3 is 0 Å². The molecule has 0 unspecified atom stereocenters. The van der Waals surface area contributed by atoms with Crippen LogP contribution in [0.4, 0.5) is 11.5 Å². The minimum atomic E-state index is 0.365. The summed E-state index contributed by atoms with van der Waals surface area (Å²) in [5.74, 6) is 2.63. The van der Waals surface area contributed by atoms with Crippen LogP contribution in [-0.2, 0) is 0 Å². The molecule has 8 heteroatoms. The maximum Gasteiger partial charge on any atom is 0.278 e. The van der Waals surface area contributed by atoms with Crippen LogP contribution < -0.4 is 14.5 Å². The molecule has 0 radical (unpaired) electrons. The molecular weight excluding hydrogens is 404 g/mol. The lowest BCUT2D eigenvalue weighted by Crippen LogP contribution is -2.46. The molecule has 162 valence electrons. The lowest BCUT2D eigenvalue weighted by molar-refractivity contribution is 0.415. The van der Waals surface area contributed by atoms with E-state index in [0.29, 0.717) is 17.4 Å². The maximum absolute atomic E-state index is 5.41. The molecule has 0 aliphatic carbocycles. The number of aryl methyl sites for hydroxylation is 1. The van der Waals surface area contributed by atoms with Gasteiger partial charge in [0.2, 0.25) is 5.82 Å². The quantitative estimate of drug-likeness (QED) is 0.474. The van der Waals surface area contributed by atoms with E-state index in [1.165, 1.54) is 11.3 Å². The van der Waals surface area contributed by atoms with Crippen LogP contribution in [0.5, 0.6) is 5.75 Å². The fraction of sp³-hybridized carbons (Fsp3) is 0.250. The van der Waals surface area contributed by atoms with Crippen molar-refractivity contribution in [3.63, 3.8) is 0 Å². The molecule has 0 N–H and O–H groups in total. The molecule has 2 aromatic carbocycles. The van der Waals surface area contributed by atoms with E-state index in [1.807, 2.05) is 55.5 Å². The van der Waals surface area contributed by atoms with Crippen molar-refractivity contribution >= 4 is 11.5 Å². The van der Waals surface area contributed by atoms with E-state index in [4.69, 9.17) is 9.26 Å². The van der Waals surface area contributed by atoms with Gasteiger partial charge in [0.1, 0.15) is 5.75 Å². The second kappa shape index (κ2) is 8.66. The Morgan fingerprint density at radius 1 is 0.812 bits per heavy atom. The molecule has 2 aromatic heterocycles. The minimum Gasteiger partial charge on any atom is -0.497 e. The third-order valence-corrected chi connectivity index (χ3v) is 5.65. The van der Waals surface area contributed by atoms with Gasteiger partial charge in [0.25, 0.3) is 5.89 Å². The SMILES string of the molecule is COc1ccc(N2CCN(c3ccc(-c4nc(-c5ccc(C)cc5)no4)nn3)CC2)cc1. The fourth-order valence-corrected chi connectivity index (χ4v) is 3.74. The highest BCUT2D eigenvalue weighted by molar-refractivity contribution is 5.58. The first-order valence-electron chi connectivity index (χ1n) is 10.6. The number of benzene rings is 2. The van der Waals surface area contributed by atoms with Crippen LogP contribution in [0.25, 0.3) is 23.0 Å². The van der Waals surface area contributed by atoms with Gasteiger partial charge in [0.15, 0.2) is 11.5 Å². The predicted octanol–water partition coefficient (Wildman–Crippen LogP) is 3.84. The number of hydrogen-bond acceptors (Lipinski definition) is 8. The van der Waals surface area contributed by atoms with Crippen molar-refractivity contribution in [1.82, 2.24) is 20.3 Å². The predicted molar refractivity (Wildman–Crippen MR) is 123 cm³/mol. The van der Waals surface area contributed by atoms with E-state index in [-0.39, 0.29) is 0 Å². The normalized spacial score (nSPS) is 13.9. The van der Waals surface area contributed by atoms with E-state index in [2.05, 4.69) is 42.3 Å². The van der Waals surface area contributed by atoms with Crippen molar-refractivity contribution < 1.29 is 9.26 Å². The average molecular weight is 428 g/mol. The second-order valence-electron chi connectivity index (χ2n) is 7.74. The van der Waals surface area contributed by atoms with Gasteiger partial charge < -0.3 is 19.1 Å². The molecule has 0 bridgehead atoms. The van der Waals surface area contributed by atoms with E-state index >= 15 is 0 Å². The van der Waals surface area contributed by atoms with E-state index < -0.39 is 0 Å². The van der Waals surface area contributed by atoms with Gasteiger partial charge in [-0.25, -0.2) is 0 Å². The van der Waals surface area contributed by atoms with Crippen LogP contribution in [0.1, 0.15) is 5.56 Å². The Kier molecular flexibility index (Phi) is 5.41. The monoisotopic (exact) mass is 428 g/mol. The fourth-order valence-electron chi connectivity index (χ4n) is 3.74. The molecule has 32 heavy (non-hydrogen) atoms. The zero-order chi connectivity index (χ0) is 21.9. The Morgan fingerprint density at radius 3 is 2.19 bits per heavy atom. The third-order valence-electron chi connectivity index (χ3n) is 5.65. The number of rotatable bonds is 5. The highest BCUT2D eigenvalue weighted by atomic mass is 16.5. The number of aromatic nitrogens is 4. The molecule has 1 fully saturated rings. The van der Waals surface area contributed by atoms with Crippen molar-refractivity contribution in [3.05, 3.63) is 66.2 Å². The van der Waals surface area contributed by atoms with Gasteiger partial charge in [-0.3, -0.25) is 0 Å². The largest absolute Gasteiger partial charge is 0.497 e. The number of piperazine rings is 1. The Morgan fingerprint density at radius 2 is 1.53 bits per heavy atom. The van der Waals surface area contributed by atoms with E-state index in [1.54, 1.807) is 7.11 Å². The number of anilines is 2. The van der Waals surface area contributed by atoms with Gasteiger partial charge in [-0.05, 0) is 43.3 Å². The number of methoxy groups -OCH3 is 1. The highest BCUT2D eigenvalue weighted by Crippen LogP contribution is 2.24. The first-order valence-corrected chi connectivity index (χ1v) is 10.6. The van der Waals surface area contributed by atoms with Crippen molar-refractivity contribution in [1.29, 1.82) is 0 Å². The summed E-state index contributed by atoms with van der Waals surface area (Å²) < 4.78 is 10.7. The molecule has 0 atom stereocenters. The number of hydrogen-bond donors (Lipinski definition) is 0. The second-order valence-corrected chi connectivity index (χ2v) is 7.74. The zero-order valence-corrected chi connectivity index (χ0v) is 18.1. The van der Waals surface area contributed by atoms with Crippen LogP contribution >= 0.6 is 0 Å². The Hall–Kier alpha value is -3.94. The molecule has 0 amide bonds. The van der Waals surface area contributed by atoms with Crippen LogP contribution in [0.3, 0.4) is 0 Å². The van der Waals surface area contributed by atoms with Crippen molar-refractivity contribution in [2.24, 2.45) is 0 Å². The average Bonchev–Trinajstić information content (AvgIpc) is 3.35. The molecule has 0 saturated carbocycles. The van der Waals surface area contributed by atoms with Crippen LogP contribution in [-0.4, -0.2) is 53.6 Å². The van der Waals surface area contributed by atoms with Gasteiger partial charge in [-0.1, -0.05) is 35.0 Å². The molecule has 0 spiro atoms. The van der Waals surface area contributed by atoms with Gasteiger partial charge in [-0.15, -0.1) is 10.2 Å². The zero-order valence-electron chi connectivity index (χ0n) is 18.1. The molecule has 1 saturated heterocycles. The first-order chi connectivity index (χ1) is 15.7. The van der Waals surface area contributed by atoms with Crippen LogP contribution in [0, 0.1) is 6.92 Å². The minimum absolute atomic E-state index is 0.365. The summed E-state index contributed by atoms with van der Waals surface area (Å²) in [5, 5.41) is 12.8. The smallest absolute Gasteiger partial charge is 0.278 e.